The van der Waals surface area contributed by atoms with Crippen molar-refractivity contribution < 1.29 is 38.4 Å². The maximum Gasteiger partial charge on any atom is 0.342 e. The normalized spacial score (nSPS) is 14.4. The first-order valence-corrected chi connectivity index (χ1v) is 9.34. The summed E-state index contributed by atoms with van der Waals surface area (Å²) in [7, 11) is 3.08. The number of carboxylic acids is 1. The SMILES string of the molecule is COc1c(C)c2c(c(OCOC(C)OC)c1C/C=C(\C)CCC(=O)O)C(=O)OC2. The molecule has 0 fully saturated rings. The van der Waals surface area contributed by atoms with E-state index in [2.05, 4.69) is 0 Å². The number of hydrogen-bond acceptors (Lipinski definition) is 7. The molecule has 0 saturated heterocycles. The van der Waals surface area contributed by atoms with Gasteiger partial charge >= 0.3 is 11.9 Å². The molecule has 160 valence electrons. The van der Waals surface area contributed by atoms with Crippen LogP contribution in [0.3, 0.4) is 0 Å². The lowest BCUT2D eigenvalue weighted by Gasteiger charge is -2.20. The number of benzene rings is 1. The summed E-state index contributed by atoms with van der Waals surface area (Å²) >= 11 is 0. The number of carbonyl (C=O) groups is 2. The van der Waals surface area contributed by atoms with Gasteiger partial charge in [0.1, 0.15) is 23.7 Å². The Morgan fingerprint density at radius 2 is 2.00 bits per heavy atom. The van der Waals surface area contributed by atoms with E-state index in [1.807, 2.05) is 19.9 Å². The van der Waals surface area contributed by atoms with E-state index in [1.54, 1.807) is 14.0 Å². The first-order chi connectivity index (χ1) is 13.8. The average molecular weight is 408 g/mol. The summed E-state index contributed by atoms with van der Waals surface area (Å²) in [5.41, 5.74) is 3.54. The van der Waals surface area contributed by atoms with E-state index >= 15 is 0 Å². The Labute approximate surface area is 170 Å². The fourth-order valence-electron chi connectivity index (χ4n) is 3.11. The lowest BCUT2D eigenvalue weighted by atomic mass is 9.94. The number of rotatable bonds is 11. The van der Waals surface area contributed by atoms with Crippen LogP contribution < -0.4 is 9.47 Å². The Hall–Kier alpha value is -2.58. The van der Waals surface area contributed by atoms with Crippen LogP contribution in [-0.4, -0.2) is 44.3 Å². The number of cyclic esters (lactones) is 1. The van der Waals surface area contributed by atoms with Crippen molar-refractivity contribution in [3.63, 3.8) is 0 Å². The van der Waals surface area contributed by atoms with Gasteiger partial charge in [0, 0.05) is 24.7 Å². The standard InChI is InChI=1S/C21H28O8/c1-12(7-9-17(22)23)6-8-15-19(26-5)13(2)16-10-27-21(24)18(16)20(15)29-11-28-14(3)25-4/h6,14H,7-11H2,1-5H3,(H,22,23)/b12-6+. The molecule has 0 radical (unpaired) electrons. The number of ether oxygens (including phenoxy) is 5. The molecular weight excluding hydrogens is 380 g/mol. The van der Waals surface area contributed by atoms with Crippen molar-refractivity contribution >= 4 is 11.9 Å². The molecule has 0 spiro atoms. The number of allylic oxidation sites excluding steroid dienone is 2. The fourth-order valence-corrected chi connectivity index (χ4v) is 3.11. The molecule has 8 nitrogen and oxygen atoms in total. The van der Waals surface area contributed by atoms with Gasteiger partial charge < -0.3 is 28.8 Å². The number of hydrogen-bond donors (Lipinski definition) is 1. The second-order valence-corrected chi connectivity index (χ2v) is 6.78. The molecule has 1 aliphatic rings. The molecular formula is C21H28O8. The van der Waals surface area contributed by atoms with Crippen molar-refractivity contribution in [3.8, 4) is 11.5 Å². The number of esters is 1. The summed E-state index contributed by atoms with van der Waals surface area (Å²) < 4.78 is 27.1. The minimum Gasteiger partial charge on any atom is -0.496 e. The topological polar surface area (TPSA) is 101 Å². The van der Waals surface area contributed by atoms with E-state index in [0.717, 1.165) is 16.7 Å². The molecule has 0 amide bonds. The summed E-state index contributed by atoms with van der Waals surface area (Å²) in [6.45, 7) is 5.52. The summed E-state index contributed by atoms with van der Waals surface area (Å²) in [5.74, 6) is -0.331. The Morgan fingerprint density at radius 1 is 1.28 bits per heavy atom. The minimum absolute atomic E-state index is 0.0567. The highest BCUT2D eigenvalue weighted by Gasteiger charge is 2.33. The smallest absolute Gasteiger partial charge is 0.342 e. The highest BCUT2D eigenvalue weighted by molar-refractivity contribution is 5.98. The third kappa shape index (κ3) is 5.48. The van der Waals surface area contributed by atoms with Gasteiger partial charge in [0.2, 0.25) is 0 Å². The molecule has 1 aliphatic heterocycles. The van der Waals surface area contributed by atoms with Crippen LogP contribution in [0.4, 0.5) is 0 Å². The zero-order valence-corrected chi connectivity index (χ0v) is 17.5. The molecule has 0 bridgehead atoms. The van der Waals surface area contributed by atoms with Crippen molar-refractivity contribution in [1.82, 2.24) is 0 Å². The van der Waals surface area contributed by atoms with Crippen LogP contribution in [0, 0.1) is 6.92 Å². The maximum atomic E-state index is 12.4. The second kappa shape index (κ2) is 10.3. The lowest BCUT2D eigenvalue weighted by molar-refractivity contribution is -0.149. The molecule has 29 heavy (non-hydrogen) atoms. The van der Waals surface area contributed by atoms with Gasteiger partial charge in [-0.2, -0.15) is 0 Å². The van der Waals surface area contributed by atoms with Gasteiger partial charge in [0.15, 0.2) is 13.1 Å². The van der Waals surface area contributed by atoms with E-state index in [9.17, 15) is 9.59 Å². The molecule has 8 heteroatoms. The zero-order chi connectivity index (χ0) is 21.6. The third-order valence-electron chi connectivity index (χ3n) is 4.85. The maximum absolute atomic E-state index is 12.4. The molecule has 2 rings (SSSR count). The Kier molecular flexibility index (Phi) is 8.04. The highest BCUT2D eigenvalue weighted by atomic mass is 16.7. The van der Waals surface area contributed by atoms with Crippen LogP contribution in [-0.2, 0) is 32.0 Å². The first kappa shape index (κ1) is 22.7. The second-order valence-electron chi connectivity index (χ2n) is 6.78. The summed E-state index contributed by atoms with van der Waals surface area (Å²) in [6.07, 6.45) is 2.35. The van der Waals surface area contributed by atoms with Crippen LogP contribution in [0.1, 0.15) is 53.7 Å². The molecule has 0 aliphatic carbocycles. The van der Waals surface area contributed by atoms with Crippen LogP contribution in [0.15, 0.2) is 11.6 Å². The summed E-state index contributed by atoms with van der Waals surface area (Å²) in [4.78, 5) is 23.2. The average Bonchev–Trinajstić information content (AvgIpc) is 3.08. The largest absolute Gasteiger partial charge is 0.496 e. The predicted octanol–water partition coefficient (Wildman–Crippen LogP) is 3.37. The molecule has 1 aromatic carbocycles. The monoisotopic (exact) mass is 408 g/mol. The van der Waals surface area contributed by atoms with Crippen molar-refractivity contribution in [2.24, 2.45) is 0 Å². The molecule has 0 saturated carbocycles. The molecule has 1 atom stereocenters. The van der Waals surface area contributed by atoms with Gasteiger partial charge in [-0.25, -0.2) is 4.79 Å². The Balaban J connectivity index is 2.41. The van der Waals surface area contributed by atoms with E-state index in [0.29, 0.717) is 35.5 Å². The molecule has 1 aromatic rings. The predicted molar refractivity (Wildman–Crippen MR) is 104 cm³/mol. The number of carboxylic acid groups (broad SMARTS) is 1. The van der Waals surface area contributed by atoms with Gasteiger partial charge in [-0.05, 0) is 39.2 Å². The first-order valence-electron chi connectivity index (χ1n) is 9.34. The number of fused-ring (bicyclic) bond motifs is 1. The molecule has 1 heterocycles. The van der Waals surface area contributed by atoms with Crippen LogP contribution >= 0.6 is 0 Å². The van der Waals surface area contributed by atoms with Crippen molar-refractivity contribution in [1.29, 1.82) is 0 Å². The fraction of sp³-hybridized carbons (Fsp3) is 0.524. The third-order valence-corrected chi connectivity index (χ3v) is 4.85. The number of methoxy groups -OCH3 is 2. The lowest BCUT2D eigenvalue weighted by Crippen LogP contribution is -2.16. The number of carbonyl (C=O) groups excluding carboxylic acids is 1. The summed E-state index contributed by atoms with van der Waals surface area (Å²) in [6, 6.07) is 0. The van der Waals surface area contributed by atoms with E-state index < -0.39 is 18.2 Å². The Bertz CT molecular complexity index is 797. The quantitative estimate of drug-likeness (QED) is 0.338. The van der Waals surface area contributed by atoms with Crippen LogP contribution in [0.2, 0.25) is 0 Å². The number of aliphatic carboxylic acids is 1. The van der Waals surface area contributed by atoms with Crippen molar-refractivity contribution in [2.45, 2.75) is 52.9 Å². The van der Waals surface area contributed by atoms with Crippen LogP contribution in [0.5, 0.6) is 11.5 Å². The minimum atomic E-state index is -0.847. The van der Waals surface area contributed by atoms with E-state index in [4.69, 9.17) is 28.8 Å². The van der Waals surface area contributed by atoms with E-state index in [1.165, 1.54) is 7.11 Å². The molecule has 0 aromatic heterocycles. The van der Waals surface area contributed by atoms with Crippen LogP contribution in [0.25, 0.3) is 0 Å². The highest BCUT2D eigenvalue weighted by Crippen LogP contribution is 2.42. The Morgan fingerprint density at radius 3 is 2.62 bits per heavy atom. The van der Waals surface area contributed by atoms with Gasteiger partial charge in [0.05, 0.1) is 7.11 Å². The zero-order valence-electron chi connectivity index (χ0n) is 17.5. The van der Waals surface area contributed by atoms with Gasteiger partial charge in [0.25, 0.3) is 0 Å². The van der Waals surface area contributed by atoms with Crippen molar-refractivity contribution in [2.75, 3.05) is 21.0 Å². The van der Waals surface area contributed by atoms with Gasteiger partial charge in [-0.3, -0.25) is 4.79 Å². The van der Waals surface area contributed by atoms with Gasteiger partial charge in [-0.15, -0.1) is 0 Å². The van der Waals surface area contributed by atoms with Gasteiger partial charge in [-0.1, -0.05) is 11.6 Å². The summed E-state index contributed by atoms with van der Waals surface area (Å²) in [5, 5.41) is 8.86. The molecule has 1 unspecified atom stereocenters. The molecule has 1 N–H and O–H groups in total. The van der Waals surface area contributed by atoms with Crippen molar-refractivity contribution in [3.05, 3.63) is 33.9 Å². The van der Waals surface area contributed by atoms with E-state index in [-0.39, 0.29) is 19.8 Å².